The Morgan fingerprint density at radius 1 is 1.46 bits per heavy atom. The van der Waals surface area contributed by atoms with Crippen LogP contribution in [-0.2, 0) is 11.2 Å². The highest BCUT2D eigenvalue weighted by atomic mass is 79.9. The Balaban J connectivity index is 2.71. The molecule has 0 aromatic heterocycles. The number of rotatable bonds is 3. The van der Waals surface area contributed by atoms with Crippen molar-refractivity contribution < 1.29 is 9.90 Å². The van der Waals surface area contributed by atoms with Crippen LogP contribution in [0.3, 0.4) is 0 Å². The summed E-state index contributed by atoms with van der Waals surface area (Å²) in [5.41, 5.74) is 7.18. The van der Waals surface area contributed by atoms with Gasteiger partial charge >= 0.3 is 5.97 Å². The summed E-state index contributed by atoms with van der Waals surface area (Å²) in [5.74, 6) is -0.793. The van der Waals surface area contributed by atoms with E-state index < -0.39 is 5.97 Å². The second-order valence-electron chi connectivity index (χ2n) is 2.79. The maximum absolute atomic E-state index is 10.3. The lowest BCUT2D eigenvalue weighted by molar-refractivity contribution is -0.136. The first-order chi connectivity index (χ1) is 6.08. The minimum absolute atomic E-state index is 0.135. The van der Waals surface area contributed by atoms with Crippen molar-refractivity contribution in [3.05, 3.63) is 28.2 Å². The molecule has 0 radical (unpaired) electrons. The molecule has 0 spiro atoms. The smallest absolute Gasteiger partial charge is 0.303 e. The van der Waals surface area contributed by atoms with E-state index in [1.807, 2.05) is 6.07 Å². The van der Waals surface area contributed by atoms with E-state index in [1.165, 1.54) is 0 Å². The molecule has 0 aliphatic carbocycles. The number of carbonyl (C=O) groups is 1. The van der Waals surface area contributed by atoms with Crippen molar-refractivity contribution in [2.24, 2.45) is 0 Å². The van der Waals surface area contributed by atoms with Gasteiger partial charge in [0.05, 0.1) is 0 Å². The zero-order chi connectivity index (χ0) is 9.84. The molecule has 0 bridgehead atoms. The van der Waals surface area contributed by atoms with Gasteiger partial charge in [-0.05, 0) is 30.2 Å². The number of anilines is 1. The summed E-state index contributed by atoms with van der Waals surface area (Å²) in [6.07, 6.45) is 0.648. The van der Waals surface area contributed by atoms with Crippen LogP contribution in [0, 0.1) is 0 Å². The van der Waals surface area contributed by atoms with Gasteiger partial charge in [-0.15, -0.1) is 0 Å². The molecule has 0 fully saturated rings. The number of nitrogen functional groups attached to an aromatic ring is 1. The number of aryl methyl sites for hydroxylation is 1. The van der Waals surface area contributed by atoms with Crippen LogP contribution >= 0.6 is 15.9 Å². The van der Waals surface area contributed by atoms with Gasteiger partial charge in [-0.2, -0.15) is 0 Å². The fourth-order valence-corrected chi connectivity index (χ4v) is 1.63. The van der Waals surface area contributed by atoms with Gasteiger partial charge in [-0.25, -0.2) is 0 Å². The van der Waals surface area contributed by atoms with Gasteiger partial charge in [-0.1, -0.05) is 15.9 Å². The monoisotopic (exact) mass is 243 g/mol. The third kappa shape index (κ3) is 3.46. The Labute approximate surface area is 84.7 Å². The lowest BCUT2D eigenvalue weighted by atomic mass is 10.1. The first kappa shape index (κ1) is 10.1. The topological polar surface area (TPSA) is 63.3 Å². The van der Waals surface area contributed by atoms with E-state index in [2.05, 4.69) is 15.9 Å². The summed E-state index contributed by atoms with van der Waals surface area (Å²) in [5, 5.41) is 8.47. The van der Waals surface area contributed by atoms with Crippen LogP contribution in [0.15, 0.2) is 22.7 Å². The highest BCUT2D eigenvalue weighted by Crippen LogP contribution is 2.18. The molecule has 4 heteroatoms. The van der Waals surface area contributed by atoms with Gasteiger partial charge in [0.25, 0.3) is 0 Å². The Hall–Kier alpha value is -1.03. The van der Waals surface area contributed by atoms with Gasteiger partial charge < -0.3 is 10.8 Å². The van der Waals surface area contributed by atoms with Crippen molar-refractivity contribution >= 4 is 27.6 Å². The average Bonchev–Trinajstić information content (AvgIpc) is 1.99. The second-order valence-corrected chi connectivity index (χ2v) is 3.70. The number of hydrogen-bond donors (Lipinski definition) is 2. The summed E-state index contributed by atoms with van der Waals surface area (Å²) in [4.78, 5) is 10.3. The minimum Gasteiger partial charge on any atom is -0.481 e. The number of hydrogen-bond acceptors (Lipinski definition) is 2. The van der Waals surface area contributed by atoms with Crippen molar-refractivity contribution in [1.29, 1.82) is 0 Å². The van der Waals surface area contributed by atoms with E-state index in [1.54, 1.807) is 12.1 Å². The molecule has 0 amide bonds. The number of carboxylic acids is 1. The second kappa shape index (κ2) is 4.28. The van der Waals surface area contributed by atoms with Crippen LogP contribution in [0.1, 0.15) is 12.0 Å². The van der Waals surface area contributed by atoms with Crippen molar-refractivity contribution in [3.63, 3.8) is 0 Å². The molecule has 0 aliphatic heterocycles. The fourth-order valence-electron chi connectivity index (χ4n) is 1.07. The highest BCUT2D eigenvalue weighted by molar-refractivity contribution is 9.10. The van der Waals surface area contributed by atoms with Crippen LogP contribution in [0.2, 0.25) is 0 Å². The Bertz CT molecular complexity index is 305. The molecule has 13 heavy (non-hydrogen) atoms. The number of halogens is 1. The normalized spacial score (nSPS) is 9.92. The van der Waals surface area contributed by atoms with Crippen LogP contribution in [-0.4, -0.2) is 11.1 Å². The molecule has 0 saturated carbocycles. The Kier molecular flexibility index (Phi) is 3.31. The Morgan fingerprint density at radius 3 is 2.69 bits per heavy atom. The van der Waals surface area contributed by atoms with E-state index >= 15 is 0 Å². The summed E-state index contributed by atoms with van der Waals surface area (Å²) in [7, 11) is 0. The molecule has 0 atom stereocenters. The van der Waals surface area contributed by atoms with Gasteiger partial charge in [-0.3, -0.25) is 4.79 Å². The maximum atomic E-state index is 10.3. The number of benzene rings is 1. The van der Waals surface area contributed by atoms with Crippen LogP contribution in [0.5, 0.6) is 0 Å². The molecular weight excluding hydrogens is 234 g/mol. The van der Waals surface area contributed by atoms with Crippen molar-refractivity contribution in [2.75, 3.05) is 5.73 Å². The van der Waals surface area contributed by atoms with Crippen LogP contribution in [0.4, 0.5) is 5.69 Å². The summed E-state index contributed by atoms with van der Waals surface area (Å²) in [6.45, 7) is 0. The zero-order valence-corrected chi connectivity index (χ0v) is 8.54. The molecule has 1 rings (SSSR count). The summed E-state index contributed by atoms with van der Waals surface area (Å²) in [6, 6.07) is 5.44. The first-order valence-corrected chi connectivity index (χ1v) is 4.64. The lowest BCUT2D eigenvalue weighted by Gasteiger charge is -2.01. The van der Waals surface area contributed by atoms with E-state index in [0.29, 0.717) is 12.1 Å². The quantitative estimate of drug-likeness (QED) is 0.800. The van der Waals surface area contributed by atoms with E-state index in [0.717, 1.165) is 10.0 Å². The van der Waals surface area contributed by atoms with Crippen molar-refractivity contribution in [3.8, 4) is 0 Å². The predicted octanol–water partition coefficient (Wildman–Crippen LogP) is 2.05. The van der Waals surface area contributed by atoms with Gasteiger partial charge in [0, 0.05) is 16.6 Å². The van der Waals surface area contributed by atoms with E-state index in [9.17, 15) is 4.79 Å². The maximum Gasteiger partial charge on any atom is 0.303 e. The number of carboxylic acid groups (broad SMARTS) is 1. The number of nitrogens with two attached hydrogens (primary N) is 1. The molecule has 1 aromatic rings. The number of aliphatic carboxylic acids is 1. The molecular formula is C9H10BrNO2. The molecule has 0 heterocycles. The molecule has 1 aromatic carbocycles. The van der Waals surface area contributed by atoms with E-state index in [-0.39, 0.29) is 6.42 Å². The van der Waals surface area contributed by atoms with Gasteiger partial charge in [0.2, 0.25) is 0 Å². The van der Waals surface area contributed by atoms with Crippen molar-refractivity contribution in [1.82, 2.24) is 0 Å². The van der Waals surface area contributed by atoms with Gasteiger partial charge in [0.1, 0.15) is 0 Å². The van der Waals surface area contributed by atoms with E-state index in [4.69, 9.17) is 10.8 Å². The lowest BCUT2D eigenvalue weighted by Crippen LogP contribution is -1.98. The first-order valence-electron chi connectivity index (χ1n) is 3.84. The molecule has 0 unspecified atom stereocenters. The fraction of sp³-hybridized carbons (Fsp3) is 0.222. The molecule has 3 nitrogen and oxygen atoms in total. The third-order valence-electron chi connectivity index (χ3n) is 1.61. The largest absolute Gasteiger partial charge is 0.481 e. The third-order valence-corrected chi connectivity index (χ3v) is 2.07. The molecule has 0 saturated heterocycles. The van der Waals surface area contributed by atoms with Crippen LogP contribution < -0.4 is 5.73 Å². The highest BCUT2D eigenvalue weighted by Gasteiger charge is 2.00. The minimum atomic E-state index is -0.793. The molecule has 3 N–H and O–H groups in total. The zero-order valence-electron chi connectivity index (χ0n) is 6.96. The summed E-state index contributed by atoms with van der Waals surface area (Å²) < 4.78 is 0.882. The SMILES string of the molecule is Nc1cc(Br)cc(CCC(=O)O)c1. The van der Waals surface area contributed by atoms with Gasteiger partial charge in [0.15, 0.2) is 0 Å². The Morgan fingerprint density at radius 2 is 2.15 bits per heavy atom. The molecule has 70 valence electrons. The standard InChI is InChI=1S/C9H10BrNO2/c10-7-3-6(1-2-9(12)13)4-8(11)5-7/h3-5H,1-2,11H2,(H,12,13). The van der Waals surface area contributed by atoms with Crippen LogP contribution in [0.25, 0.3) is 0 Å². The predicted molar refractivity (Wildman–Crippen MR) is 54.5 cm³/mol. The summed E-state index contributed by atoms with van der Waals surface area (Å²) >= 11 is 3.29. The van der Waals surface area contributed by atoms with Crippen molar-refractivity contribution in [2.45, 2.75) is 12.8 Å². The average molecular weight is 244 g/mol. The molecule has 0 aliphatic rings.